The smallest absolute Gasteiger partial charge is 0.261 e. The third-order valence-electron chi connectivity index (χ3n) is 2.74. The monoisotopic (exact) mass is 314 g/mol. The maximum atomic E-state index is 12.0. The topological polar surface area (TPSA) is 51.2 Å². The number of carbonyl (C=O) groups excluding carboxylic acids is 1. The van der Waals surface area contributed by atoms with Gasteiger partial charge in [0, 0.05) is 11.7 Å². The van der Waals surface area contributed by atoms with Crippen molar-refractivity contribution in [2.45, 2.75) is 45.8 Å². The molecule has 1 unspecified atom stereocenters. The molecular weight excluding hydrogens is 296 g/mol. The minimum Gasteiger partial charge on any atom is -0.478 e. The molecule has 0 saturated carbocycles. The fourth-order valence-corrected chi connectivity index (χ4v) is 1.57. The Labute approximate surface area is 116 Å². The quantitative estimate of drug-likeness (QED) is 0.850. The molecule has 1 rings (SSSR count). The first-order valence-electron chi connectivity index (χ1n) is 5.95. The van der Waals surface area contributed by atoms with Crippen molar-refractivity contribution in [2.75, 3.05) is 0 Å². The van der Waals surface area contributed by atoms with Gasteiger partial charge >= 0.3 is 0 Å². The zero-order valence-corrected chi connectivity index (χ0v) is 12.7. The first-order valence-corrected chi connectivity index (χ1v) is 6.74. The van der Waals surface area contributed by atoms with Crippen LogP contribution in [0.2, 0.25) is 0 Å². The molecular formula is C13H19BrN2O2. The van der Waals surface area contributed by atoms with Gasteiger partial charge in [-0.25, -0.2) is 4.98 Å². The van der Waals surface area contributed by atoms with Crippen molar-refractivity contribution in [3.63, 3.8) is 0 Å². The van der Waals surface area contributed by atoms with E-state index in [0.29, 0.717) is 10.4 Å². The molecule has 0 fully saturated rings. The summed E-state index contributed by atoms with van der Waals surface area (Å²) < 4.78 is 6.17. The van der Waals surface area contributed by atoms with Gasteiger partial charge in [-0.15, -0.1) is 0 Å². The summed E-state index contributed by atoms with van der Waals surface area (Å²) >= 11 is 3.28. The fourth-order valence-electron chi connectivity index (χ4n) is 1.23. The molecule has 4 nitrogen and oxygen atoms in total. The van der Waals surface area contributed by atoms with E-state index in [0.717, 1.165) is 6.42 Å². The summed E-state index contributed by atoms with van der Waals surface area (Å²) in [5.74, 6) is 0.437. The molecule has 100 valence electrons. The minimum absolute atomic E-state index is 0.127. The van der Waals surface area contributed by atoms with Gasteiger partial charge in [-0.05, 0) is 55.3 Å². The Hall–Kier alpha value is -1.10. The Balaban J connectivity index is 2.63. The highest BCUT2D eigenvalue weighted by atomic mass is 79.9. The molecule has 1 atom stereocenters. The third kappa shape index (κ3) is 4.29. The van der Waals surface area contributed by atoms with Crippen molar-refractivity contribution < 1.29 is 9.53 Å². The van der Waals surface area contributed by atoms with E-state index in [9.17, 15) is 4.79 Å². The molecule has 0 aliphatic carbocycles. The van der Waals surface area contributed by atoms with Gasteiger partial charge < -0.3 is 10.1 Å². The summed E-state index contributed by atoms with van der Waals surface area (Å²) in [6, 6.07) is 3.53. The molecule has 5 heteroatoms. The Bertz CT molecular complexity index is 421. The summed E-state index contributed by atoms with van der Waals surface area (Å²) in [5.41, 5.74) is -0.221. The second-order valence-electron chi connectivity index (χ2n) is 4.78. The lowest BCUT2D eigenvalue weighted by molar-refractivity contribution is -0.129. The lowest BCUT2D eigenvalue weighted by atomic mass is 10.0. The van der Waals surface area contributed by atoms with Crippen LogP contribution in [0.15, 0.2) is 22.9 Å². The molecule has 0 bridgehead atoms. The van der Waals surface area contributed by atoms with Crippen molar-refractivity contribution in [3.8, 4) is 5.75 Å². The van der Waals surface area contributed by atoms with Crippen LogP contribution in [0.3, 0.4) is 0 Å². The molecule has 1 amide bonds. The maximum Gasteiger partial charge on any atom is 0.261 e. The van der Waals surface area contributed by atoms with Gasteiger partial charge in [0.25, 0.3) is 5.91 Å². The van der Waals surface area contributed by atoms with E-state index in [-0.39, 0.29) is 11.4 Å². The number of halogens is 1. The lowest BCUT2D eigenvalue weighted by Gasteiger charge is -2.26. The first-order chi connectivity index (χ1) is 8.35. The Morgan fingerprint density at radius 2 is 2.28 bits per heavy atom. The van der Waals surface area contributed by atoms with Gasteiger partial charge in [-0.2, -0.15) is 0 Å². The van der Waals surface area contributed by atoms with Gasteiger partial charge in [0.1, 0.15) is 4.60 Å². The number of nitrogens with one attached hydrogen (secondary N) is 1. The van der Waals surface area contributed by atoms with Crippen molar-refractivity contribution in [2.24, 2.45) is 0 Å². The number of rotatable bonds is 5. The number of ether oxygens (including phenoxy) is 1. The fraction of sp³-hybridized carbons (Fsp3) is 0.538. The van der Waals surface area contributed by atoms with Gasteiger partial charge in [0.2, 0.25) is 0 Å². The van der Waals surface area contributed by atoms with Crippen LogP contribution < -0.4 is 10.1 Å². The Morgan fingerprint density at radius 3 is 2.83 bits per heavy atom. The zero-order chi connectivity index (χ0) is 13.8. The summed E-state index contributed by atoms with van der Waals surface area (Å²) in [4.78, 5) is 16.0. The number of pyridine rings is 1. The van der Waals surface area contributed by atoms with Crippen LogP contribution in [0.4, 0.5) is 0 Å². The van der Waals surface area contributed by atoms with Crippen molar-refractivity contribution in [1.29, 1.82) is 0 Å². The molecule has 0 aliphatic heterocycles. The van der Waals surface area contributed by atoms with Gasteiger partial charge in [0.15, 0.2) is 11.9 Å². The standard InChI is InChI=1S/C13H19BrN2O2/c1-5-13(3,4)16-12(17)9(2)18-10-7-6-8-15-11(10)14/h6-9H,5H2,1-4H3,(H,16,17). The molecule has 0 saturated heterocycles. The summed E-state index contributed by atoms with van der Waals surface area (Å²) in [6.07, 6.45) is 1.96. The predicted octanol–water partition coefficient (Wildman–Crippen LogP) is 2.92. The van der Waals surface area contributed by atoms with E-state index in [1.807, 2.05) is 20.8 Å². The summed E-state index contributed by atoms with van der Waals surface area (Å²) in [7, 11) is 0. The van der Waals surface area contributed by atoms with Gasteiger partial charge in [0.05, 0.1) is 0 Å². The molecule has 1 aromatic heterocycles. The number of hydrogen-bond acceptors (Lipinski definition) is 3. The van der Waals surface area contributed by atoms with Crippen molar-refractivity contribution in [3.05, 3.63) is 22.9 Å². The summed E-state index contributed by atoms with van der Waals surface area (Å²) in [6.45, 7) is 7.72. The van der Waals surface area contributed by atoms with Crippen LogP contribution in [-0.2, 0) is 4.79 Å². The highest BCUT2D eigenvalue weighted by Crippen LogP contribution is 2.22. The molecule has 0 radical (unpaired) electrons. The Morgan fingerprint density at radius 1 is 1.61 bits per heavy atom. The number of amides is 1. The van der Waals surface area contributed by atoms with Crippen LogP contribution in [0.5, 0.6) is 5.75 Å². The summed E-state index contributed by atoms with van der Waals surface area (Å²) in [5, 5.41) is 2.95. The number of aromatic nitrogens is 1. The number of carbonyl (C=O) groups is 1. The molecule has 18 heavy (non-hydrogen) atoms. The normalized spacial score (nSPS) is 12.9. The van der Waals surface area contributed by atoms with E-state index >= 15 is 0 Å². The van der Waals surface area contributed by atoms with E-state index < -0.39 is 6.10 Å². The largest absolute Gasteiger partial charge is 0.478 e. The SMILES string of the molecule is CCC(C)(C)NC(=O)C(C)Oc1cccnc1Br. The van der Waals surface area contributed by atoms with E-state index in [2.05, 4.69) is 26.2 Å². The third-order valence-corrected chi connectivity index (χ3v) is 3.34. The van der Waals surface area contributed by atoms with Crippen LogP contribution in [0, 0.1) is 0 Å². The van der Waals surface area contributed by atoms with Crippen LogP contribution in [0.25, 0.3) is 0 Å². The minimum atomic E-state index is -0.559. The lowest BCUT2D eigenvalue weighted by Crippen LogP contribution is -2.48. The van der Waals surface area contributed by atoms with Gasteiger partial charge in [-0.3, -0.25) is 4.79 Å². The first kappa shape index (κ1) is 15.0. The van der Waals surface area contributed by atoms with Gasteiger partial charge in [-0.1, -0.05) is 6.92 Å². The molecule has 1 aromatic rings. The van der Waals surface area contributed by atoms with E-state index in [4.69, 9.17) is 4.74 Å². The maximum absolute atomic E-state index is 12.0. The number of nitrogens with zero attached hydrogens (tertiary/aromatic N) is 1. The van der Waals surface area contributed by atoms with E-state index in [1.54, 1.807) is 25.3 Å². The molecule has 0 aromatic carbocycles. The van der Waals surface area contributed by atoms with E-state index in [1.165, 1.54) is 0 Å². The molecule has 0 aliphatic rings. The second-order valence-corrected chi connectivity index (χ2v) is 5.53. The van der Waals surface area contributed by atoms with Crippen LogP contribution >= 0.6 is 15.9 Å². The molecule has 1 heterocycles. The highest BCUT2D eigenvalue weighted by molar-refractivity contribution is 9.10. The second kappa shape index (κ2) is 6.18. The predicted molar refractivity (Wildman–Crippen MR) is 74.5 cm³/mol. The van der Waals surface area contributed by atoms with Crippen molar-refractivity contribution in [1.82, 2.24) is 10.3 Å². The molecule has 1 N–H and O–H groups in total. The average molecular weight is 315 g/mol. The average Bonchev–Trinajstić information content (AvgIpc) is 2.31. The van der Waals surface area contributed by atoms with Crippen LogP contribution in [-0.4, -0.2) is 22.5 Å². The van der Waals surface area contributed by atoms with Crippen LogP contribution in [0.1, 0.15) is 34.1 Å². The highest BCUT2D eigenvalue weighted by Gasteiger charge is 2.23. The van der Waals surface area contributed by atoms with Crippen molar-refractivity contribution >= 4 is 21.8 Å². The number of hydrogen-bond donors (Lipinski definition) is 1. The molecule has 0 spiro atoms. The Kier molecular flexibility index (Phi) is 5.14. The zero-order valence-electron chi connectivity index (χ0n) is 11.2.